The smallest absolute Gasteiger partial charge is 0.199 e. The second kappa shape index (κ2) is 4.94. The van der Waals surface area contributed by atoms with Gasteiger partial charge in [-0.3, -0.25) is 0 Å². The maximum atomic E-state index is 11.7. The topological polar surface area (TPSA) is 34.1 Å². The Bertz CT molecular complexity index is 468. The van der Waals surface area contributed by atoms with E-state index in [4.69, 9.17) is 0 Å². The molecule has 0 heterocycles. The van der Waals surface area contributed by atoms with E-state index in [2.05, 4.69) is 0 Å². The normalized spacial score (nSPS) is 13.3. The van der Waals surface area contributed by atoms with Gasteiger partial charge in [0.1, 0.15) is 0 Å². The lowest BCUT2D eigenvalue weighted by atomic mass is 10.3. The first kappa shape index (κ1) is 11.7. The van der Waals surface area contributed by atoms with Crippen LogP contribution in [0.4, 0.5) is 0 Å². The van der Waals surface area contributed by atoms with Crippen molar-refractivity contribution >= 4 is 9.84 Å². The third kappa shape index (κ3) is 3.36. The van der Waals surface area contributed by atoms with Gasteiger partial charge < -0.3 is 0 Å². The molecule has 1 aromatic rings. The minimum absolute atomic E-state index is 0.324. The number of hydrogen-bond donors (Lipinski definition) is 0. The summed E-state index contributed by atoms with van der Waals surface area (Å²) in [7, 11) is -3.29. The highest BCUT2D eigenvalue weighted by molar-refractivity contribution is 7.94. The van der Waals surface area contributed by atoms with Gasteiger partial charge in [-0.25, -0.2) is 8.42 Å². The summed E-state index contributed by atoms with van der Waals surface area (Å²) in [4.78, 5) is 0.324. The first-order chi connectivity index (χ1) is 7.06. The van der Waals surface area contributed by atoms with Crippen molar-refractivity contribution in [1.29, 1.82) is 0 Å². The molecule has 0 saturated heterocycles. The Labute approximate surface area is 90.9 Å². The van der Waals surface area contributed by atoms with Crippen molar-refractivity contribution in [2.75, 3.05) is 0 Å². The average molecular weight is 222 g/mol. The summed E-state index contributed by atoms with van der Waals surface area (Å²) < 4.78 is 23.5. The van der Waals surface area contributed by atoms with Gasteiger partial charge >= 0.3 is 0 Å². The second-order valence-electron chi connectivity index (χ2n) is 3.19. The van der Waals surface area contributed by atoms with E-state index < -0.39 is 9.84 Å². The van der Waals surface area contributed by atoms with Crippen molar-refractivity contribution in [3.05, 3.63) is 53.5 Å². The van der Waals surface area contributed by atoms with Crippen molar-refractivity contribution in [2.24, 2.45) is 0 Å². The predicted molar refractivity (Wildman–Crippen MR) is 62.2 cm³/mol. The highest BCUT2D eigenvalue weighted by atomic mass is 32.2. The molecule has 0 bridgehead atoms. The van der Waals surface area contributed by atoms with Crippen LogP contribution in [0.1, 0.15) is 13.8 Å². The molecule has 0 spiro atoms. The number of allylic oxidation sites excluding steroid dienone is 3. The fourth-order valence-corrected chi connectivity index (χ4v) is 2.07. The van der Waals surface area contributed by atoms with Gasteiger partial charge in [0, 0.05) is 5.41 Å². The van der Waals surface area contributed by atoms with Crippen LogP contribution < -0.4 is 0 Å². The van der Waals surface area contributed by atoms with Gasteiger partial charge in [0.25, 0.3) is 0 Å². The number of sulfone groups is 1. The zero-order valence-corrected chi connectivity index (χ0v) is 9.66. The lowest BCUT2D eigenvalue weighted by Gasteiger charge is -1.97. The molecule has 0 amide bonds. The summed E-state index contributed by atoms with van der Waals surface area (Å²) in [6.45, 7) is 3.73. The van der Waals surface area contributed by atoms with E-state index in [1.54, 1.807) is 36.4 Å². The van der Waals surface area contributed by atoms with Crippen LogP contribution in [0.2, 0.25) is 0 Å². The summed E-state index contributed by atoms with van der Waals surface area (Å²) >= 11 is 0. The Balaban J connectivity index is 3.01. The minimum atomic E-state index is -3.29. The maximum absolute atomic E-state index is 11.7. The van der Waals surface area contributed by atoms with Crippen LogP contribution in [0.3, 0.4) is 0 Å². The molecule has 0 fully saturated rings. The average Bonchev–Trinajstić information content (AvgIpc) is 2.27. The van der Waals surface area contributed by atoms with Gasteiger partial charge in [-0.05, 0) is 32.1 Å². The molecule has 0 atom stereocenters. The Hall–Kier alpha value is -1.35. The van der Waals surface area contributed by atoms with E-state index in [0.717, 1.165) is 5.57 Å². The fourth-order valence-electron chi connectivity index (χ4n) is 0.982. The van der Waals surface area contributed by atoms with Gasteiger partial charge in [0.05, 0.1) is 4.90 Å². The van der Waals surface area contributed by atoms with Gasteiger partial charge in [-0.15, -0.1) is 0 Å². The van der Waals surface area contributed by atoms with Crippen LogP contribution in [0.5, 0.6) is 0 Å². The van der Waals surface area contributed by atoms with Crippen molar-refractivity contribution in [2.45, 2.75) is 18.7 Å². The standard InChI is InChI=1S/C12H14O2S/c1-3-11(2)9-10-15(13,14)12-7-5-4-6-8-12/h3-10H,1-2H3/b10-9-,11-3+. The molecule has 0 aliphatic carbocycles. The molecule has 0 unspecified atom stereocenters. The minimum Gasteiger partial charge on any atom is -0.219 e. The van der Waals surface area contributed by atoms with Crippen LogP contribution in [-0.4, -0.2) is 8.42 Å². The number of hydrogen-bond acceptors (Lipinski definition) is 2. The van der Waals surface area contributed by atoms with Gasteiger partial charge in [-0.1, -0.05) is 29.8 Å². The summed E-state index contributed by atoms with van der Waals surface area (Å²) in [6.07, 6.45) is 3.46. The molecule has 1 rings (SSSR count). The predicted octanol–water partition coefficient (Wildman–Crippen LogP) is 2.94. The molecule has 0 aliphatic heterocycles. The quantitative estimate of drug-likeness (QED) is 0.737. The van der Waals surface area contributed by atoms with E-state index in [0.29, 0.717) is 4.90 Å². The third-order valence-electron chi connectivity index (χ3n) is 2.04. The zero-order chi connectivity index (χ0) is 11.3. The highest BCUT2D eigenvalue weighted by Crippen LogP contribution is 2.12. The molecule has 0 N–H and O–H groups in total. The molecule has 0 aromatic heterocycles. The van der Waals surface area contributed by atoms with Crippen molar-refractivity contribution in [1.82, 2.24) is 0 Å². The third-order valence-corrected chi connectivity index (χ3v) is 3.46. The second-order valence-corrected chi connectivity index (χ2v) is 5.03. The molecule has 15 heavy (non-hydrogen) atoms. The van der Waals surface area contributed by atoms with Crippen LogP contribution in [0.25, 0.3) is 0 Å². The molecule has 80 valence electrons. The summed E-state index contributed by atoms with van der Waals surface area (Å²) in [5.41, 5.74) is 0.925. The molecule has 0 aliphatic rings. The Kier molecular flexibility index (Phi) is 3.86. The maximum Gasteiger partial charge on any atom is 0.199 e. The lowest BCUT2D eigenvalue weighted by molar-refractivity contribution is 0.604. The molecule has 2 nitrogen and oxygen atoms in total. The molecular weight excluding hydrogens is 208 g/mol. The van der Waals surface area contributed by atoms with Crippen LogP contribution in [0, 0.1) is 0 Å². The molecular formula is C12H14O2S. The lowest BCUT2D eigenvalue weighted by Crippen LogP contribution is -1.95. The summed E-state index contributed by atoms with van der Waals surface area (Å²) in [5, 5.41) is 1.23. The first-order valence-electron chi connectivity index (χ1n) is 4.67. The van der Waals surface area contributed by atoms with Crippen molar-refractivity contribution in [3.63, 3.8) is 0 Å². The fraction of sp³-hybridized carbons (Fsp3) is 0.167. The van der Waals surface area contributed by atoms with Crippen molar-refractivity contribution in [3.8, 4) is 0 Å². The van der Waals surface area contributed by atoms with Gasteiger partial charge in [0.15, 0.2) is 9.84 Å². The first-order valence-corrected chi connectivity index (χ1v) is 6.22. The van der Waals surface area contributed by atoms with E-state index in [1.807, 2.05) is 19.9 Å². The molecule has 0 saturated carbocycles. The van der Waals surface area contributed by atoms with E-state index >= 15 is 0 Å². The van der Waals surface area contributed by atoms with Gasteiger partial charge in [0.2, 0.25) is 0 Å². The highest BCUT2D eigenvalue weighted by Gasteiger charge is 2.08. The molecule has 3 heteroatoms. The van der Waals surface area contributed by atoms with E-state index in [-0.39, 0.29) is 0 Å². The monoisotopic (exact) mass is 222 g/mol. The van der Waals surface area contributed by atoms with E-state index in [1.165, 1.54) is 5.41 Å². The Morgan fingerprint density at radius 3 is 2.33 bits per heavy atom. The number of benzene rings is 1. The SMILES string of the molecule is C/C=C(C)/C=C\S(=O)(=O)c1ccccc1. The zero-order valence-electron chi connectivity index (χ0n) is 8.84. The Morgan fingerprint density at radius 1 is 1.20 bits per heavy atom. The van der Waals surface area contributed by atoms with Crippen LogP contribution >= 0.6 is 0 Å². The number of rotatable bonds is 3. The largest absolute Gasteiger partial charge is 0.219 e. The Morgan fingerprint density at radius 2 is 1.80 bits per heavy atom. The summed E-state index contributed by atoms with van der Waals surface area (Å²) in [5.74, 6) is 0. The molecule has 1 aromatic carbocycles. The van der Waals surface area contributed by atoms with Gasteiger partial charge in [-0.2, -0.15) is 0 Å². The van der Waals surface area contributed by atoms with E-state index in [9.17, 15) is 8.42 Å². The molecule has 0 radical (unpaired) electrons. The van der Waals surface area contributed by atoms with Crippen LogP contribution in [0.15, 0.2) is 58.4 Å². The van der Waals surface area contributed by atoms with Crippen LogP contribution in [-0.2, 0) is 9.84 Å². The van der Waals surface area contributed by atoms with Crippen molar-refractivity contribution < 1.29 is 8.42 Å². The summed E-state index contributed by atoms with van der Waals surface area (Å²) in [6, 6.07) is 8.39.